The largest absolute Gasteiger partial charge is 0.355 e. The second-order valence-electron chi connectivity index (χ2n) is 2.34. The van der Waals surface area contributed by atoms with E-state index >= 15 is 0 Å². The molecule has 1 N–H and O–H groups in total. The SMILES string of the molecule is CSC(C)CCNC(=O)CS. The van der Waals surface area contributed by atoms with Crippen molar-refractivity contribution in [2.24, 2.45) is 0 Å². The van der Waals surface area contributed by atoms with Crippen molar-refractivity contribution in [2.45, 2.75) is 18.6 Å². The molecular formula is C7H15NOS2. The Morgan fingerprint density at radius 1 is 1.73 bits per heavy atom. The Kier molecular flexibility index (Phi) is 6.96. The predicted octanol–water partition coefficient (Wildman–Crippen LogP) is 1.17. The molecule has 2 nitrogen and oxygen atoms in total. The molecule has 0 aliphatic rings. The van der Waals surface area contributed by atoms with Gasteiger partial charge in [-0.2, -0.15) is 24.4 Å². The molecule has 1 unspecified atom stereocenters. The molecule has 0 aromatic carbocycles. The quantitative estimate of drug-likeness (QED) is 0.642. The van der Waals surface area contributed by atoms with Crippen LogP contribution in [0.25, 0.3) is 0 Å². The highest BCUT2D eigenvalue weighted by Crippen LogP contribution is 2.07. The van der Waals surface area contributed by atoms with Crippen LogP contribution in [0.5, 0.6) is 0 Å². The first-order valence-electron chi connectivity index (χ1n) is 3.61. The van der Waals surface area contributed by atoms with Gasteiger partial charge in [-0.25, -0.2) is 0 Å². The molecule has 0 spiro atoms. The fourth-order valence-electron chi connectivity index (χ4n) is 0.589. The lowest BCUT2D eigenvalue weighted by atomic mass is 10.3. The fraction of sp³-hybridized carbons (Fsp3) is 0.857. The van der Waals surface area contributed by atoms with Gasteiger partial charge in [0.15, 0.2) is 0 Å². The number of carbonyl (C=O) groups is 1. The van der Waals surface area contributed by atoms with Crippen LogP contribution in [0, 0.1) is 0 Å². The van der Waals surface area contributed by atoms with Crippen LogP contribution in [0.4, 0.5) is 0 Å². The van der Waals surface area contributed by atoms with Crippen molar-refractivity contribution in [3.05, 3.63) is 0 Å². The Hall–Kier alpha value is 0.170. The molecule has 66 valence electrons. The lowest BCUT2D eigenvalue weighted by Gasteiger charge is -2.07. The topological polar surface area (TPSA) is 29.1 Å². The molecule has 0 aromatic heterocycles. The summed E-state index contributed by atoms with van der Waals surface area (Å²) in [6, 6.07) is 0. The molecule has 0 aromatic rings. The maximum absolute atomic E-state index is 10.7. The smallest absolute Gasteiger partial charge is 0.229 e. The zero-order valence-corrected chi connectivity index (χ0v) is 8.67. The molecule has 0 heterocycles. The maximum atomic E-state index is 10.7. The zero-order valence-electron chi connectivity index (χ0n) is 6.96. The van der Waals surface area contributed by atoms with E-state index in [4.69, 9.17) is 0 Å². The number of nitrogens with one attached hydrogen (secondary N) is 1. The Labute approximate surface area is 77.9 Å². The van der Waals surface area contributed by atoms with E-state index in [1.165, 1.54) is 0 Å². The molecule has 1 atom stereocenters. The van der Waals surface area contributed by atoms with Crippen LogP contribution in [0.1, 0.15) is 13.3 Å². The first-order valence-corrected chi connectivity index (χ1v) is 5.53. The Morgan fingerprint density at radius 3 is 2.82 bits per heavy atom. The summed E-state index contributed by atoms with van der Waals surface area (Å²) in [6.07, 6.45) is 3.10. The highest BCUT2D eigenvalue weighted by molar-refractivity contribution is 7.99. The van der Waals surface area contributed by atoms with Crippen molar-refractivity contribution in [2.75, 3.05) is 18.6 Å². The van der Waals surface area contributed by atoms with Crippen molar-refractivity contribution in [3.63, 3.8) is 0 Å². The van der Waals surface area contributed by atoms with Crippen molar-refractivity contribution in [3.8, 4) is 0 Å². The molecular weight excluding hydrogens is 178 g/mol. The second kappa shape index (κ2) is 6.85. The van der Waals surface area contributed by atoms with E-state index in [1.807, 2.05) is 11.8 Å². The molecule has 4 heteroatoms. The summed E-state index contributed by atoms with van der Waals surface area (Å²) in [5.41, 5.74) is 0. The lowest BCUT2D eigenvalue weighted by Crippen LogP contribution is -2.26. The summed E-state index contributed by atoms with van der Waals surface area (Å²) in [5, 5.41) is 3.39. The second-order valence-corrected chi connectivity index (χ2v) is 3.94. The molecule has 0 saturated carbocycles. The van der Waals surface area contributed by atoms with E-state index in [0.29, 0.717) is 5.25 Å². The summed E-state index contributed by atoms with van der Waals surface area (Å²) in [7, 11) is 0. The van der Waals surface area contributed by atoms with Gasteiger partial charge < -0.3 is 5.32 Å². The Bertz CT molecular complexity index is 119. The molecule has 0 fully saturated rings. The molecule has 0 aliphatic carbocycles. The highest BCUT2D eigenvalue weighted by atomic mass is 32.2. The van der Waals surface area contributed by atoms with Crippen LogP contribution in [0.2, 0.25) is 0 Å². The maximum Gasteiger partial charge on any atom is 0.229 e. The average molecular weight is 193 g/mol. The highest BCUT2D eigenvalue weighted by Gasteiger charge is 2.00. The van der Waals surface area contributed by atoms with Gasteiger partial charge in [0.1, 0.15) is 0 Å². The number of thiol groups is 1. The number of amides is 1. The number of rotatable bonds is 5. The minimum absolute atomic E-state index is 0.0154. The van der Waals surface area contributed by atoms with E-state index in [9.17, 15) is 4.79 Å². The monoisotopic (exact) mass is 193 g/mol. The third-order valence-electron chi connectivity index (χ3n) is 1.42. The van der Waals surface area contributed by atoms with Crippen molar-refractivity contribution < 1.29 is 4.79 Å². The van der Waals surface area contributed by atoms with Crippen LogP contribution in [-0.4, -0.2) is 29.7 Å². The third-order valence-corrected chi connectivity index (χ3v) is 2.75. The molecule has 0 bridgehead atoms. The van der Waals surface area contributed by atoms with Crippen LogP contribution < -0.4 is 5.32 Å². The fourth-order valence-corrected chi connectivity index (χ4v) is 1.05. The average Bonchev–Trinajstić information content (AvgIpc) is 2.04. The van der Waals surface area contributed by atoms with Crippen molar-refractivity contribution in [1.82, 2.24) is 5.32 Å². The Morgan fingerprint density at radius 2 is 2.36 bits per heavy atom. The minimum Gasteiger partial charge on any atom is -0.355 e. The molecule has 0 aliphatic heterocycles. The molecule has 0 radical (unpaired) electrons. The van der Waals surface area contributed by atoms with Gasteiger partial charge >= 0.3 is 0 Å². The number of thioether (sulfide) groups is 1. The van der Waals surface area contributed by atoms with Crippen molar-refractivity contribution in [1.29, 1.82) is 0 Å². The predicted molar refractivity (Wildman–Crippen MR) is 54.5 cm³/mol. The normalized spacial score (nSPS) is 12.6. The van der Waals surface area contributed by atoms with Crippen LogP contribution in [0.3, 0.4) is 0 Å². The van der Waals surface area contributed by atoms with Gasteiger partial charge in [-0.3, -0.25) is 4.79 Å². The molecule has 1 amide bonds. The molecule has 0 rings (SSSR count). The van der Waals surface area contributed by atoms with E-state index in [2.05, 4.69) is 31.1 Å². The van der Waals surface area contributed by atoms with Gasteiger partial charge in [-0.1, -0.05) is 6.92 Å². The summed E-state index contributed by atoms with van der Waals surface area (Å²) in [4.78, 5) is 10.7. The first kappa shape index (κ1) is 11.2. The van der Waals surface area contributed by atoms with Gasteiger partial charge in [-0.05, 0) is 12.7 Å². The minimum atomic E-state index is 0.0154. The van der Waals surface area contributed by atoms with E-state index in [-0.39, 0.29) is 11.7 Å². The lowest BCUT2D eigenvalue weighted by molar-refractivity contribution is -0.118. The van der Waals surface area contributed by atoms with Gasteiger partial charge in [0.05, 0.1) is 5.75 Å². The standard InChI is InChI=1S/C7H15NOS2/c1-6(11-2)3-4-8-7(9)5-10/h6,10H,3-5H2,1-2H3,(H,8,9). The van der Waals surface area contributed by atoms with Crippen LogP contribution in [-0.2, 0) is 4.79 Å². The van der Waals surface area contributed by atoms with Gasteiger partial charge in [-0.15, -0.1) is 0 Å². The van der Waals surface area contributed by atoms with Gasteiger partial charge in [0.25, 0.3) is 0 Å². The number of hydrogen-bond donors (Lipinski definition) is 2. The third kappa shape index (κ3) is 6.56. The van der Waals surface area contributed by atoms with E-state index in [1.54, 1.807) is 0 Å². The van der Waals surface area contributed by atoms with Crippen LogP contribution in [0.15, 0.2) is 0 Å². The summed E-state index contributed by atoms with van der Waals surface area (Å²) in [6.45, 7) is 2.92. The van der Waals surface area contributed by atoms with E-state index < -0.39 is 0 Å². The van der Waals surface area contributed by atoms with Crippen LogP contribution >= 0.6 is 24.4 Å². The number of carbonyl (C=O) groups excluding carboxylic acids is 1. The van der Waals surface area contributed by atoms with Gasteiger partial charge in [0.2, 0.25) is 5.91 Å². The van der Waals surface area contributed by atoms with E-state index in [0.717, 1.165) is 13.0 Å². The summed E-state index contributed by atoms with van der Waals surface area (Å²) >= 11 is 5.66. The summed E-state index contributed by atoms with van der Waals surface area (Å²) < 4.78 is 0. The summed E-state index contributed by atoms with van der Waals surface area (Å²) in [5.74, 6) is 0.301. The molecule has 11 heavy (non-hydrogen) atoms. The molecule has 0 saturated heterocycles. The first-order chi connectivity index (χ1) is 5.20. The van der Waals surface area contributed by atoms with Crippen molar-refractivity contribution >= 4 is 30.3 Å². The zero-order chi connectivity index (χ0) is 8.69. The van der Waals surface area contributed by atoms with Gasteiger partial charge in [0, 0.05) is 11.8 Å². The Balaban J connectivity index is 3.20. The number of hydrogen-bond acceptors (Lipinski definition) is 3.